The van der Waals surface area contributed by atoms with Crippen molar-refractivity contribution in [3.05, 3.63) is 58.9 Å². The topological polar surface area (TPSA) is 46.5 Å². The Morgan fingerprint density at radius 1 is 1.25 bits per heavy atom. The van der Waals surface area contributed by atoms with Crippen LogP contribution in [-0.2, 0) is 11.3 Å². The molecule has 104 valence electrons. The van der Waals surface area contributed by atoms with E-state index in [0.29, 0.717) is 22.3 Å². The summed E-state index contributed by atoms with van der Waals surface area (Å²) in [6, 6.07) is 9.75. The highest BCUT2D eigenvalue weighted by molar-refractivity contribution is 5.97. The van der Waals surface area contributed by atoms with E-state index in [0.717, 1.165) is 5.56 Å². The molecule has 0 atom stereocenters. The molecule has 0 aromatic heterocycles. The lowest BCUT2D eigenvalue weighted by Crippen LogP contribution is -2.05. The molecule has 0 spiro atoms. The molecule has 1 N–H and O–H groups in total. The molecule has 0 saturated heterocycles. The van der Waals surface area contributed by atoms with Crippen molar-refractivity contribution in [1.82, 2.24) is 0 Å². The van der Waals surface area contributed by atoms with Crippen LogP contribution in [0, 0.1) is 12.7 Å². The first-order chi connectivity index (χ1) is 9.56. The molecule has 0 heterocycles. The summed E-state index contributed by atoms with van der Waals surface area (Å²) in [5, 5.41) is 9.03. The van der Waals surface area contributed by atoms with Crippen molar-refractivity contribution in [1.29, 1.82) is 0 Å². The minimum Gasteiger partial charge on any atom is -0.465 e. The molecule has 0 unspecified atom stereocenters. The number of benzene rings is 2. The lowest BCUT2D eigenvalue weighted by molar-refractivity contribution is 0.0601. The highest BCUT2D eigenvalue weighted by Gasteiger charge is 2.16. The third kappa shape index (κ3) is 2.70. The van der Waals surface area contributed by atoms with Gasteiger partial charge in [0.05, 0.1) is 19.3 Å². The number of rotatable bonds is 3. The molecule has 0 bridgehead atoms. The zero-order valence-corrected chi connectivity index (χ0v) is 11.3. The van der Waals surface area contributed by atoms with Gasteiger partial charge >= 0.3 is 5.97 Å². The second-order valence-corrected chi connectivity index (χ2v) is 4.49. The monoisotopic (exact) mass is 274 g/mol. The Hall–Kier alpha value is -2.20. The number of aliphatic hydroxyl groups excluding tert-OH is 1. The lowest BCUT2D eigenvalue weighted by atomic mass is 9.96. The van der Waals surface area contributed by atoms with Gasteiger partial charge in [-0.05, 0) is 41.3 Å². The Morgan fingerprint density at radius 3 is 2.45 bits per heavy atom. The summed E-state index contributed by atoms with van der Waals surface area (Å²) in [5.74, 6) is -0.881. The van der Waals surface area contributed by atoms with Gasteiger partial charge in [0.1, 0.15) is 5.82 Å². The van der Waals surface area contributed by atoms with Gasteiger partial charge < -0.3 is 9.84 Å². The van der Waals surface area contributed by atoms with Gasteiger partial charge in [-0.2, -0.15) is 0 Å². The average Bonchev–Trinajstić information content (AvgIpc) is 2.49. The molecule has 4 heteroatoms. The van der Waals surface area contributed by atoms with Crippen molar-refractivity contribution in [3.63, 3.8) is 0 Å². The van der Waals surface area contributed by atoms with Crippen molar-refractivity contribution >= 4 is 5.97 Å². The van der Waals surface area contributed by atoms with Crippen LogP contribution in [0.5, 0.6) is 0 Å². The van der Waals surface area contributed by atoms with Crippen LogP contribution in [0.1, 0.15) is 21.5 Å². The Labute approximate surface area is 116 Å². The molecule has 0 aliphatic heterocycles. The van der Waals surface area contributed by atoms with Crippen LogP contribution in [0.3, 0.4) is 0 Å². The second kappa shape index (κ2) is 5.84. The largest absolute Gasteiger partial charge is 0.465 e. The number of methoxy groups -OCH3 is 1. The van der Waals surface area contributed by atoms with Crippen LogP contribution in [0.15, 0.2) is 36.4 Å². The fourth-order valence-corrected chi connectivity index (χ4v) is 1.99. The van der Waals surface area contributed by atoms with Gasteiger partial charge in [0.2, 0.25) is 0 Å². The third-order valence-corrected chi connectivity index (χ3v) is 3.15. The summed E-state index contributed by atoms with van der Waals surface area (Å²) in [7, 11) is 1.29. The quantitative estimate of drug-likeness (QED) is 0.875. The van der Waals surface area contributed by atoms with Gasteiger partial charge in [-0.1, -0.05) is 24.3 Å². The fraction of sp³-hybridized carbons (Fsp3) is 0.188. The Balaban J connectivity index is 2.58. The van der Waals surface area contributed by atoms with Gasteiger partial charge in [-0.25, -0.2) is 9.18 Å². The average molecular weight is 274 g/mol. The van der Waals surface area contributed by atoms with E-state index in [1.807, 2.05) is 0 Å². The molecule has 0 amide bonds. The minimum atomic E-state index is -0.505. The second-order valence-electron chi connectivity index (χ2n) is 4.49. The van der Waals surface area contributed by atoms with Crippen molar-refractivity contribution in [2.24, 2.45) is 0 Å². The van der Waals surface area contributed by atoms with E-state index in [4.69, 9.17) is 9.84 Å². The summed E-state index contributed by atoms with van der Waals surface area (Å²) in [6.45, 7) is 1.53. The molecule has 2 aromatic rings. The third-order valence-electron chi connectivity index (χ3n) is 3.15. The molecule has 0 saturated carbocycles. The van der Waals surface area contributed by atoms with E-state index in [9.17, 15) is 9.18 Å². The van der Waals surface area contributed by atoms with E-state index in [1.165, 1.54) is 19.2 Å². The SMILES string of the molecule is COC(=O)c1cc(C)c(F)cc1-c1ccc(CO)cc1. The summed E-state index contributed by atoms with van der Waals surface area (Å²) < 4.78 is 18.5. The number of esters is 1. The Kier molecular flexibility index (Phi) is 4.15. The lowest BCUT2D eigenvalue weighted by Gasteiger charge is -2.10. The number of carbonyl (C=O) groups is 1. The normalized spacial score (nSPS) is 10.4. The van der Waals surface area contributed by atoms with E-state index < -0.39 is 5.97 Å². The van der Waals surface area contributed by atoms with Crippen molar-refractivity contribution in [3.8, 4) is 11.1 Å². The van der Waals surface area contributed by atoms with E-state index in [1.54, 1.807) is 31.2 Å². The Bertz CT molecular complexity index is 633. The van der Waals surface area contributed by atoms with Crippen LogP contribution in [-0.4, -0.2) is 18.2 Å². The number of halogens is 1. The van der Waals surface area contributed by atoms with Crippen molar-refractivity contribution < 1.29 is 19.0 Å². The molecule has 2 rings (SSSR count). The molecule has 2 aromatic carbocycles. The van der Waals surface area contributed by atoms with Crippen LogP contribution in [0.2, 0.25) is 0 Å². The maximum absolute atomic E-state index is 13.8. The van der Waals surface area contributed by atoms with Crippen molar-refractivity contribution in [2.75, 3.05) is 7.11 Å². The molecule has 0 aliphatic rings. The Morgan fingerprint density at radius 2 is 1.90 bits per heavy atom. The first-order valence-electron chi connectivity index (χ1n) is 6.15. The predicted molar refractivity (Wildman–Crippen MR) is 73.8 cm³/mol. The van der Waals surface area contributed by atoms with E-state index in [2.05, 4.69) is 0 Å². The van der Waals surface area contributed by atoms with Crippen LogP contribution in [0.4, 0.5) is 4.39 Å². The standard InChI is InChI=1S/C16H15FO3/c1-10-7-14(16(19)20-2)13(8-15(10)17)12-5-3-11(9-18)4-6-12/h3-8,18H,9H2,1-2H3. The summed E-state index contributed by atoms with van der Waals surface area (Å²) >= 11 is 0. The zero-order chi connectivity index (χ0) is 14.7. The predicted octanol–water partition coefficient (Wildman–Crippen LogP) is 3.08. The van der Waals surface area contributed by atoms with Crippen molar-refractivity contribution in [2.45, 2.75) is 13.5 Å². The molecular weight excluding hydrogens is 259 g/mol. The zero-order valence-electron chi connectivity index (χ0n) is 11.3. The van der Waals surface area contributed by atoms with Gasteiger partial charge in [0.25, 0.3) is 0 Å². The highest BCUT2D eigenvalue weighted by Crippen LogP contribution is 2.27. The number of hydrogen-bond acceptors (Lipinski definition) is 3. The van der Waals surface area contributed by atoms with Gasteiger partial charge in [-0.3, -0.25) is 0 Å². The highest BCUT2D eigenvalue weighted by atomic mass is 19.1. The summed E-state index contributed by atoms with van der Waals surface area (Å²) in [4.78, 5) is 11.8. The fourth-order valence-electron chi connectivity index (χ4n) is 1.99. The molecule has 0 aliphatic carbocycles. The van der Waals surface area contributed by atoms with Gasteiger partial charge in [0.15, 0.2) is 0 Å². The number of hydrogen-bond donors (Lipinski definition) is 1. The van der Waals surface area contributed by atoms with Crippen LogP contribution in [0.25, 0.3) is 11.1 Å². The molecular formula is C16H15FO3. The van der Waals surface area contributed by atoms with E-state index >= 15 is 0 Å². The van der Waals surface area contributed by atoms with Gasteiger partial charge in [0, 0.05) is 0 Å². The molecule has 20 heavy (non-hydrogen) atoms. The summed E-state index contributed by atoms with van der Waals surface area (Å²) in [6.07, 6.45) is 0. The maximum atomic E-state index is 13.8. The van der Waals surface area contributed by atoms with Crippen LogP contribution < -0.4 is 0 Å². The maximum Gasteiger partial charge on any atom is 0.338 e. The molecule has 0 fully saturated rings. The van der Waals surface area contributed by atoms with Gasteiger partial charge in [-0.15, -0.1) is 0 Å². The molecule has 0 radical (unpaired) electrons. The number of ether oxygens (including phenoxy) is 1. The first-order valence-corrected chi connectivity index (χ1v) is 6.15. The van der Waals surface area contributed by atoms with E-state index in [-0.39, 0.29) is 12.4 Å². The minimum absolute atomic E-state index is 0.0631. The number of aliphatic hydroxyl groups is 1. The van der Waals surface area contributed by atoms with Crippen LogP contribution >= 0.6 is 0 Å². The molecule has 3 nitrogen and oxygen atoms in total. The number of aryl methyl sites for hydroxylation is 1. The summed E-state index contributed by atoms with van der Waals surface area (Å²) in [5.41, 5.74) is 2.64. The number of carbonyl (C=O) groups excluding carboxylic acids is 1. The first kappa shape index (κ1) is 14.2. The smallest absolute Gasteiger partial charge is 0.338 e.